The zero-order valence-electron chi connectivity index (χ0n) is 21.1. The Kier molecular flexibility index (Phi) is 7.56. The lowest BCUT2D eigenvalue weighted by Crippen LogP contribution is -2.42. The first-order valence-electron chi connectivity index (χ1n) is 13.2. The maximum absolute atomic E-state index is 12.5. The second-order valence-electron chi connectivity index (χ2n) is 10.4. The van der Waals surface area contributed by atoms with Gasteiger partial charge in [-0.1, -0.05) is 30.9 Å². The number of aromatic nitrogens is 3. The number of nitrogens with one attached hydrogen (secondary N) is 2. The Balaban J connectivity index is 1.43. The third-order valence-electron chi connectivity index (χ3n) is 7.32. The fraction of sp³-hybridized carbons (Fsp3) is 0.500. The van der Waals surface area contributed by atoms with Crippen molar-refractivity contribution in [3.8, 4) is 11.3 Å². The van der Waals surface area contributed by atoms with Crippen LogP contribution in [0.5, 0.6) is 0 Å². The second kappa shape index (κ2) is 11.0. The highest BCUT2D eigenvalue weighted by Crippen LogP contribution is 2.37. The number of rotatable bonds is 6. The van der Waals surface area contributed by atoms with Crippen molar-refractivity contribution >= 4 is 39.9 Å². The van der Waals surface area contributed by atoms with Crippen LogP contribution in [0, 0.1) is 5.92 Å². The third kappa shape index (κ3) is 5.41. The van der Waals surface area contributed by atoms with Gasteiger partial charge in [0, 0.05) is 66.0 Å². The number of pyridine rings is 3. The zero-order valence-corrected chi connectivity index (χ0v) is 21.9. The molecule has 0 unspecified atom stereocenters. The van der Waals surface area contributed by atoms with Gasteiger partial charge < -0.3 is 15.5 Å². The van der Waals surface area contributed by atoms with Crippen LogP contribution in [0.1, 0.15) is 58.8 Å². The molecular weight excluding hydrogens is 472 g/mol. The molecule has 1 amide bonds. The maximum Gasteiger partial charge on any atom is 0.223 e. The molecule has 190 valence electrons. The molecule has 2 N–H and O–H groups in total. The van der Waals surface area contributed by atoms with Gasteiger partial charge in [0.2, 0.25) is 5.91 Å². The molecule has 4 heterocycles. The summed E-state index contributed by atoms with van der Waals surface area (Å²) in [5, 5.41) is 9.32. The molecule has 0 bridgehead atoms. The fourth-order valence-electron chi connectivity index (χ4n) is 5.40. The van der Waals surface area contributed by atoms with Gasteiger partial charge >= 0.3 is 0 Å². The van der Waals surface area contributed by atoms with E-state index >= 15 is 0 Å². The van der Waals surface area contributed by atoms with Crippen molar-refractivity contribution in [1.29, 1.82) is 0 Å². The minimum atomic E-state index is 0.0443. The number of anilines is 2. The molecule has 1 aliphatic carbocycles. The van der Waals surface area contributed by atoms with Gasteiger partial charge in [-0.3, -0.25) is 9.78 Å². The summed E-state index contributed by atoms with van der Waals surface area (Å²) in [6.45, 7) is 5.57. The SMILES string of the molecule is CC(C)NC(=O)C1CCN(c2nc(-c3ccnc(NC4CCCCC4)c3Cl)cc3cnccc23)CC1. The van der Waals surface area contributed by atoms with Crippen LogP contribution in [-0.2, 0) is 4.79 Å². The summed E-state index contributed by atoms with van der Waals surface area (Å²) < 4.78 is 0. The highest BCUT2D eigenvalue weighted by atomic mass is 35.5. The first kappa shape index (κ1) is 24.8. The van der Waals surface area contributed by atoms with Crippen molar-refractivity contribution in [2.45, 2.75) is 70.9 Å². The Morgan fingerprint density at radius 3 is 2.61 bits per heavy atom. The fourth-order valence-corrected chi connectivity index (χ4v) is 5.66. The lowest BCUT2D eigenvalue weighted by Gasteiger charge is -2.33. The van der Waals surface area contributed by atoms with Crippen LogP contribution in [0.25, 0.3) is 22.0 Å². The van der Waals surface area contributed by atoms with Crippen molar-refractivity contribution < 1.29 is 4.79 Å². The summed E-state index contributed by atoms with van der Waals surface area (Å²) in [4.78, 5) is 28.9. The number of carbonyl (C=O) groups excluding carboxylic acids is 1. The summed E-state index contributed by atoms with van der Waals surface area (Å²) in [7, 11) is 0. The van der Waals surface area contributed by atoms with E-state index in [-0.39, 0.29) is 17.9 Å². The molecule has 0 spiro atoms. The molecule has 1 aliphatic heterocycles. The van der Waals surface area contributed by atoms with Gasteiger partial charge in [0.05, 0.1) is 10.7 Å². The van der Waals surface area contributed by atoms with E-state index in [1.54, 1.807) is 6.20 Å². The zero-order chi connectivity index (χ0) is 25.1. The van der Waals surface area contributed by atoms with E-state index in [0.717, 1.165) is 72.4 Å². The van der Waals surface area contributed by atoms with Crippen molar-refractivity contribution in [3.63, 3.8) is 0 Å². The summed E-state index contributed by atoms with van der Waals surface area (Å²) in [5.41, 5.74) is 1.67. The maximum atomic E-state index is 12.5. The molecule has 0 atom stereocenters. The molecule has 2 fully saturated rings. The summed E-state index contributed by atoms with van der Waals surface area (Å²) in [6, 6.07) is 6.58. The second-order valence-corrected chi connectivity index (χ2v) is 10.7. The van der Waals surface area contributed by atoms with Crippen molar-refractivity contribution in [3.05, 3.63) is 41.8 Å². The Morgan fingerprint density at radius 2 is 1.86 bits per heavy atom. The summed E-state index contributed by atoms with van der Waals surface area (Å²) in [5.74, 6) is 1.85. The lowest BCUT2D eigenvalue weighted by atomic mass is 9.95. The first-order valence-corrected chi connectivity index (χ1v) is 13.6. The standard InChI is InChI=1S/C28H35ClN6O/c1-18(2)32-28(36)19-10-14-35(15-11-19)27-22-8-12-30-17-20(22)16-24(34-27)23-9-13-31-26(25(23)29)33-21-6-4-3-5-7-21/h8-9,12-13,16-19,21H,3-7,10-11,14-15H2,1-2H3,(H,31,33)(H,32,36). The van der Waals surface area contributed by atoms with Crippen LogP contribution < -0.4 is 15.5 Å². The van der Waals surface area contributed by atoms with E-state index in [2.05, 4.69) is 31.6 Å². The molecule has 5 rings (SSSR count). The number of piperidine rings is 1. The topological polar surface area (TPSA) is 83.0 Å². The predicted octanol–water partition coefficient (Wildman–Crippen LogP) is 5.83. The minimum Gasteiger partial charge on any atom is -0.366 e. The molecular formula is C28H35ClN6O. The van der Waals surface area contributed by atoms with Crippen LogP contribution in [0.3, 0.4) is 0 Å². The molecule has 2 aliphatic rings. The number of amides is 1. The van der Waals surface area contributed by atoms with E-state index in [4.69, 9.17) is 16.6 Å². The van der Waals surface area contributed by atoms with E-state index in [1.165, 1.54) is 19.3 Å². The number of hydrogen-bond acceptors (Lipinski definition) is 6. The predicted molar refractivity (Wildman–Crippen MR) is 146 cm³/mol. The molecule has 0 radical (unpaired) electrons. The Bertz CT molecular complexity index is 1220. The van der Waals surface area contributed by atoms with Gasteiger partial charge in [0.15, 0.2) is 0 Å². The molecule has 1 saturated heterocycles. The van der Waals surface area contributed by atoms with Gasteiger partial charge in [-0.15, -0.1) is 0 Å². The number of hydrogen-bond donors (Lipinski definition) is 2. The van der Waals surface area contributed by atoms with Crippen LogP contribution in [0.2, 0.25) is 5.02 Å². The molecule has 3 aromatic heterocycles. The molecule has 0 aromatic carbocycles. The first-order chi connectivity index (χ1) is 17.5. The molecule has 3 aromatic rings. The smallest absolute Gasteiger partial charge is 0.223 e. The molecule has 8 heteroatoms. The van der Waals surface area contributed by atoms with Gasteiger partial charge in [0.25, 0.3) is 0 Å². The minimum absolute atomic E-state index is 0.0443. The van der Waals surface area contributed by atoms with E-state index in [0.29, 0.717) is 11.1 Å². The Morgan fingerprint density at radius 1 is 1.08 bits per heavy atom. The highest BCUT2D eigenvalue weighted by Gasteiger charge is 2.27. The number of carbonyl (C=O) groups is 1. The average Bonchev–Trinajstić information content (AvgIpc) is 2.89. The van der Waals surface area contributed by atoms with Gasteiger partial charge in [0.1, 0.15) is 11.6 Å². The molecule has 36 heavy (non-hydrogen) atoms. The largest absolute Gasteiger partial charge is 0.366 e. The highest BCUT2D eigenvalue weighted by molar-refractivity contribution is 6.35. The Hall–Kier alpha value is -2.93. The van der Waals surface area contributed by atoms with Crippen LogP contribution in [0.4, 0.5) is 11.6 Å². The van der Waals surface area contributed by atoms with Crippen molar-refractivity contribution in [1.82, 2.24) is 20.3 Å². The molecule has 7 nitrogen and oxygen atoms in total. The Labute approximate surface area is 218 Å². The number of fused-ring (bicyclic) bond motifs is 1. The quantitative estimate of drug-likeness (QED) is 0.437. The summed E-state index contributed by atoms with van der Waals surface area (Å²) >= 11 is 6.91. The van der Waals surface area contributed by atoms with Crippen LogP contribution in [-0.4, -0.2) is 46.0 Å². The number of halogens is 1. The normalized spacial score (nSPS) is 17.5. The van der Waals surface area contributed by atoms with Crippen LogP contribution >= 0.6 is 11.6 Å². The van der Waals surface area contributed by atoms with Gasteiger partial charge in [-0.05, 0) is 57.7 Å². The van der Waals surface area contributed by atoms with E-state index in [9.17, 15) is 4.79 Å². The summed E-state index contributed by atoms with van der Waals surface area (Å²) in [6.07, 6.45) is 13.2. The van der Waals surface area contributed by atoms with E-state index in [1.807, 2.05) is 38.4 Å². The van der Waals surface area contributed by atoms with Gasteiger partial charge in [-0.2, -0.15) is 0 Å². The van der Waals surface area contributed by atoms with Crippen molar-refractivity contribution in [2.75, 3.05) is 23.3 Å². The average molecular weight is 507 g/mol. The third-order valence-corrected chi connectivity index (χ3v) is 7.70. The number of nitrogens with zero attached hydrogens (tertiary/aromatic N) is 4. The van der Waals surface area contributed by atoms with Gasteiger partial charge in [-0.25, -0.2) is 9.97 Å². The van der Waals surface area contributed by atoms with Crippen LogP contribution in [0.15, 0.2) is 36.8 Å². The van der Waals surface area contributed by atoms with Crippen molar-refractivity contribution in [2.24, 2.45) is 5.92 Å². The lowest BCUT2D eigenvalue weighted by molar-refractivity contribution is -0.126. The van der Waals surface area contributed by atoms with E-state index < -0.39 is 0 Å². The monoisotopic (exact) mass is 506 g/mol. The molecule has 1 saturated carbocycles.